The zero-order valence-electron chi connectivity index (χ0n) is 14.9. The lowest BCUT2D eigenvalue weighted by Gasteiger charge is -2.11. The first-order valence-electron chi connectivity index (χ1n) is 8.55. The number of carbonyl (C=O) groups is 1. The highest BCUT2D eigenvalue weighted by Crippen LogP contribution is 2.17. The molecule has 2 aromatic carbocycles. The molecular weight excluding hydrogens is 330 g/mol. The number of methoxy groups -OCH3 is 1. The Morgan fingerprint density at radius 2 is 1.88 bits per heavy atom. The summed E-state index contributed by atoms with van der Waals surface area (Å²) in [5, 5.41) is 7.53. The Morgan fingerprint density at radius 3 is 2.65 bits per heavy atom. The van der Waals surface area contributed by atoms with Gasteiger partial charge in [0, 0.05) is 18.5 Å². The molecule has 0 radical (unpaired) electrons. The second-order valence-corrected chi connectivity index (χ2v) is 5.83. The summed E-state index contributed by atoms with van der Waals surface area (Å²) in [6.07, 6.45) is 0.602. The van der Waals surface area contributed by atoms with Crippen molar-refractivity contribution >= 4 is 16.8 Å². The van der Waals surface area contributed by atoms with E-state index < -0.39 is 5.91 Å². The van der Waals surface area contributed by atoms with Crippen LogP contribution in [0.25, 0.3) is 10.9 Å². The van der Waals surface area contributed by atoms with Crippen LogP contribution < -0.4 is 15.5 Å². The minimum Gasteiger partial charge on any atom is -0.496 e. The third kappa shape index (κ3) is 3.44. The number of benzene rings is 2. The Bertz CT molecular complexity index is 995. The molecule has 0 spiro atoms. The van der Waals surface area contributed by atoms with Gasteiger partial charge in [-0.25, -0.2) is 0 Å². The van der Waals surface area contributed by atoms with Gasteiger partial charge in [0.25, 0.3) is 5.91 Å². The first-order chi connectivity index (χ1) is 12.7. The van der Waals surface area contributed by atoms with Gasteiger partial charge in [0.2, 0.25) is 5.43 Å². The molecule has 0 bridgehead atoms. The molecule has 1 aromatic heterocycles. The molecule has 0 unspecified atom stereocenters. The third-order valence-corrected chi connectivity index (χ3v) is 4.25. The van der Waals surface area contributed by atoms with Crippen LogP contribution in [-0.4, -0.2) is 29.3 Å². The van der Waals surface area contributed by atoms with Gasteiger partial charge in [0.05, 0.1) is 12.6 Å². The highest BCUT2D eigenvalue weighted by Gasteiger charge is 2.16. The molecule has 6 nitrogen and oxygen atoms in total. The number of hydrogen-bond donors (Lipinski definition) is 1. The van der Waals surface area contributed by atoms with E-state index in [1.807, 2.05) is 43.3 Å². The van der Waals surface area contributed by atoms with E-state index in [0.29, 0.717) is 24.9 Å². The van der Waals surface area contributed by atoms with Crippen molar-refractivity contribution in [1.82, 2.24) is 15.1 Å². The molecule has 0 atom stereocenters. The van der Waals surface area contributed by atoms with Crippen molar-refractivity contribution < 1.29 is 9.53 Å². The topological polar surface area (TPSA) is 73.2 Å². The van der Waals surface area contributed by atoms with Crippen molar-refractivity contribution in [3.05, 3.63) is 70.0 Å². The number of aryl methyl sites for hydroxylation is 1. The fourth-order valence-electron chi connectivity index (χ4n) is 2.93. The molecule has 134 valence electrons. The van der Waals surface area contributed by atoms with Gasteiger partial charge < -0.3 is 10.1 Å². The van der Waals surface area contributed by atoms with Gasteiger partial charge >= 0.3 is 0 Å². The quantitative estimate of drug-likeness (QED) is 0.740. The average Bonchev–Trinajstić information content (AvgIpc) is 2.68. The van der Waals surface area contributed by atoms with E-state index >= 15 is 0 Å². The van der Waals surface area contributed by atoms with E-state index in [1.165, 1.54) is 0 Å². The number of fused-ring (bicyclic) bond motifs is 1. The fourth-order valence-corrected chi connectivity index (χ4v) is 2.93. The normalized spacial score (nSPS) is 10.7. The molecule has 0 fully saturated rings. The molecule has 0 aliphatic heterocycles. The summed E-state index contributed by atoms with van der Waals surface area (Å²) in [6.45, 7) is 2.88. The number of rotatable bonds is 6. The maximum atomic E-state index is 12.6. The highest BCUT2D eigenvalue weighted by atomic mass is 16.5. The molecule has 1 N–H and O–H groups in total. The number of nitrogens with zero attached hydrogens (tertiary/aromatic N) is 2. The van der Waals surface area contributed by atoms with Crippen LogP contribution in [0.15, 0.2) is 53.3 Å². The van der Waals surface area contributed by atoms with Crippen LogP contribution in [0.3, 0.4) is 0 Å². The van der Waals surface area contributed by atoms with Gasteiger partial charge in [0.15, 0.2) is 5.69 Å². The van der Waals surface area contributed by atoms with Crippen molar-refractivity contribution in [3.8, 4) is 5.75 Å². The van der Waals surface area contributed by atoms with Crippen LogP contribution >= 0.6 is 0 Å². The number of carbonyl (C=O) groups excluding carboxylic acids is 1. The number of hydrogen-bond acceptors (Lipinski definition) is 4. The van der Waals surface area contributed by atoms with E-state index in [0.717, 1.165) is 16.8 Å². The zero-order valence-corrected chi connectivity index (χ0v) is 14.9. The van der Waals surface area contributed by atoms with Crippen molar-refractivity contribution in [1.29, 1.82) is 0 Å². The molecule has 1 heterocycles. The highest BCUT2D eigenvalue weighted by molar-refractivity contribution is 5.95. The van der Waals surface area contributed by atoms with Crippen LogP contribution in [0.2, 0.25) is 0 Å². The molecule has 0 aliphatic rings. The number of nitrogens with one attached hydrogen (secondary N) is 1. The third-order valence-electron chi connectivity index (χ3n) is 4.25. The average molecular weight is 351 g/mol. The van der Waals surface area contributed by atoms with Crippen LogP contribution in [-0.2, 0) is 13.0 Å². The monoisotopic (exact) mass is 351 g/mol. The van der Waals surface area contributed by atoms with Crippen molar-refractivity contribution in [2.75, 3.05) is 13.7 Å². The predicted octanol–water partition coefficient (Wildman–Crippen LogP) is 2.40. The smallest absolute Gasteiger partial charge is 0.275 e. The first kappa shape index (κ1) is 17.7. The minimum absolute atomic E-state index is 0.0782. The van der Waals surface area contributed by atoms with E-state index in [2.05, 4.69) is 10.4 Å². The zero-order chi connectivity index (χ0) is 18.5. The largest absolute Gasteiger partial charge is 0.496 e. The SMILES string of the molecule is CCn1nc(C(=O)NCCc2ccccc2OC)c(=O)c2ccccc21. The number of para-hydroxylation sites is 2. The summed E-state index contributed by atoms with van der Waals surface area (Å²) in [5.74, 6) is 0.316. The molecular formula is C20H21N3O3. The van der Waals surface area contributed by atoms with Crippen molar-refractivity contribution in [3.63, 3.8) is 0 Å². The first-order valence-corrected chi connectivity index (χ1v) is 8.55. The molecule has 3 aromatic rings. The predicted molar refractivity (Wildman–Crippen MR) is 101 cm³/mol. The Labute approximate surface area is 151 Å². The van der Waals surface area contributed by atoms with Gasteiger partial charge in [-0.1, -0.05) is 30.3 Å². The molecule has 6 heteroatoms. The fraction of sp³-hybridized carbons (Fsp3) is 0.250. The summed E-state index contributed by atoms with van der Waals surface area (Å²) in [6, 6.07) is 14.8. The van der Waals surface area contributed by atoms with Crippen LogP contribution in [0.5, 0.6) is 5.75 Å². The lowest BCUT2D eigenvalue weighted by molar-refractivity contribution is 0.0946. The molecule has 1 amide bonds. The molecule has 0 aliphatic carbocycles. The molecule has 3 rings (SSSR count). The lowest BCUT2D eigenvalue weighted by Crippen LogP contribution is -2.33. The Balaban J connectivity index is 1.80. The maximum absolute atomic E-state index is 12.6. The summed E-state index contributed by atoms with van der Waals surface area (Å²) >= 11 is 0. The standard InChI is InChI=1S/C20H21N3O3/c1-3-23-16-10-6-5-9-15(16)19(24)18(22-23)20(25)21-13-12-14-8-4-7-11-17(14)26-2/h4-11H,3,12-13H2,1-2H3,(H,21,25). The minimum atomic E-state index is -0.460. The van der Waals surface area contributed by atoms with Crippen molar-refractivity contribution in [2.24, 2.45) is 0 Å². The van der Waals surface area contributed by atoms with Gasteiger partial charge in [-0.2, -0.15) is 5.10 Å². The molecule has 0 saturated carbocycles. The lowest BCUT2D eigenvalue weighted by atomic mass is 10.1. The summed E-state index contributed by atoms with van der Waals surface area (Å²) in [4.78, 5) is 25.1. The Morgan fingerprint density at radius 1 is 1.15 bits per heavy atom. The van der Waals surface area contributed by atoms with Gasteiger partial charge in [0.1, 0.15) is 5.75 Å². The summed E-state index contributed by atoms with van der Waals surface area (Å²) in [7, 11) is 1.61. The number of ether oxygens (including phenoxy) is 1. The van der Waals surface area contributed by atoms with Crippen molar-refractivity contribution in [2.45, 2.75) is 19.9 Å². The molecule has 0 saturated heterocycles. The van der Waals surface area contributed by atoms with E-state index in [9.17, 15) is 9.59 Å². The van der Waals surface area contributed by atoms with E-state index in [4.69, 9.17) is 4.74 Å². The molecule has 26 heavy (non-hydrogen) atoms. The Hall–Kier alpha value is -3.15. The maximum Gasteiger partial charge on any atom is 0.275 e. The second kappa shape index (κ2) is 7.82. The number of amides is 1. The Kier molecular flexibility index (Phi) is 5.31. The van der Waals surface area contributed by atoms with Crippen LogP contribution in [0.1, 0.15) is 23.0 Å². The second-order valence-electron chi connectivity index (χ2n) is 5.83. The van der Waals surface area contributed by atoms with E-state index in [1.54, 1.807) is 23.9 Å². The van der Waals surface area contributed by atoms with Gasteiger partial charge in [-0.15, -0.1) is 0 Å². The van der Waals surface area contributed by atoms with Gasteiger partial charge in [-0.3, -0.25) is 14.3 Å². The van der Waals surface area contributed by atoms with Gasteiger partial charge in [-0.05, 0) is 37.1 Å². The summed E-state index contributed by atoms with van der Waals surface area (Å²) in [5.41, 5.74) is 1.30. The van der Waals surface area contributed by atoms with Crippen LogP contribution in [0.4, 0.5) is 0 Å². The van der Waals surface area contributed by atoms with Crippen LogP contribution in [0, 0.1) is 0 Å². The van der Waals surface area contributed by atoms with E-state index in [-0.39, 0.29) is 11.1 Å². The summed E-state index contributed by atoms with van der Waals surface area (Å²) < 4.78 is 6.98. The number of aromatic nitrogens is 2.